The molecule has 158 valence electrons. The van der Waals surface area contributed by atoms with Gasteiger partial charge < -0.3 is 15.4 Å². The van der Waals surface area contributed by atoms with Crippen LogP contribution >= 0.6 is 12.4 Å². The number of hydrogen-bond acceptors (Lipinski definition) is 4. The second-order valence-corrected chi connectivity index (χ2v) is 7.34. The third-order valence-electron chi connectivity index (χ3n) is 5.42. The first-order valence-electron chi connectivity index (χ1n) is 10.00. The molecule has 30 heavy (non-hydrogen) atoms. The number of carbonyl (C=O) groups is 1. The second-order valence-electron chi connectivity index (χ2n) is 7.34. The summed E-state index contributed by atoms with van der Waals surface area (Å²) in [5, 5.41) is 11.4. The standard InChI is InChI=1S/C23H26N4O2.ClH/c1-16-20(12-8-14-24-16)25-23(28)19-15-27(17-9-4-3-5-10-17)26-22(19)18-11-6-7-13-21(18)29-2;/h3-7,9-11,13,15-16,20,24H,8,12,14H2,1-2H3,(H,25,28);1H. The van der Waals surface area contributed by atoms with Gasteiger partial charge in [0.2, 0.25) is 0 Å². The summed E-state index contributed by atoms with van der Waals surface area (Å²) in [6, 6.07) is 17.8. The van der Waals surface area contributed by atoms with Crippen molar-refractivity contribution in [1.29, 1.82) is 0 Å². The number of nitrogens with zero attached hydrogens (tertiary/aromatic N) is 2. The van der Waals surface area contributed by atoms with Gasteiger partial charge in [0.05, 0.1) is 18.4 Å². The highest BCUT2D eigenvalue weighted by Gasteiger charge is 2.26. The van der Waals surface area contributed by atoms with E-state index in [0.29, 0.717) is 17.0 Å². The fraction of sp³-hybridized carbons (Fsp3) is 0.304. The third-order valence-corrected chi connectivity index (χ3v) is 5.42. The number of ether oxygens (including phenoxy) is 1. The molecule has 1 saturated heterocycles. The second kappa shape index (κ2) is 9.78. The van der Waals surface area contributed by atoms with Gasteiger partial charge >= 0.3 is 0 Å². The molecule has 3 aromatic rings. The maximum atomic E-state index is 13.3. The van der Waals surface area contributed by atoms with E-state index >= 15 is 0 Å². The molecular weight excluding hydrogens is 400 g/mol. The van der Waals surface area contributed by atoms with Crippen molar-refractivity contribution in [2.45, 2.75) is 31.8 Å². The number of para-hydroxylation sites is 2. The van der Waals surface area contributed by atoms with Crippen LogP contribution in [-0.2, 0) is 0 Å². The predicted octanol–water partition coefficient (Wildman–Crippen LogP) is 3.84. The SMILES string of the molecule is COc1ccccc1-c1nn(-c2ccccc2)cc1C(=O)NC1CCCNC1C.Cl. The number of halogens is 1. The van der Waals surface area contributed by atoms with E-state index < -0.39 is 0 Å². The maximum Gasteiger partial charge on any atom is 0.255 e. The fourth-order valence-electron chi connectivity index (χ4n) is 3.78. The van der Waals surface area contributed by atoms with Crippen LogP contribution in [0.15, 0.2) is 60.8 Å². The van der Waals surface area contributed by atoms with Crippen molar-refractivity contribution in [2.75, 3.05) is 13.7 Å². The Hall–Kier alpha value is -2.83. The quantitative estimate of drug-likeness (QED) is 0.650. The number of methoxy groups -OCH3 is 1. The third kappa shape index (κ3) is 4.50. The molecule has 0 radical (unpaired) electrons. The number of amides is 1. The average Bonchev–Trinajstić information content (AvgIpc) is 3.21. The van der Waals surface area contributed by atoms with Crippen LogP contribution in [0.5, 0.6) is 5.75 Å². The monoisotopic (exact) mass is 426 g/mol. The molecule has 0 aliphatic carbocycles. The minimum atomic E-state index is -0.117. The predicted molar refractivity (Wildman–Crippen MR) is 121 cm³/mol. The van der Waals surface area contributed by atoms with E-state index in [2.05, 4.69) is 17.6 Å². The zero-order valence-corrected chi connectivity index (χ0v) is 18.0. The Morgan fingerprint density at radius 2 is 1.90 bits per heavy atom. The Kier molecular flexibility index (Phi) is 7.13. The van der Waals surface area contributed by atoms with E-state index in [1.54, 1.807) is 18.0 Å². The smallest absolute Gasteiger partial charge is 0.255 e. The lowest BCUT2D eigenvalue weighted by Gasteiger charge is -2.30. The number of carbonyl (C=O) groups excluding carboxylic acids is 1. The number of aromatic nitrogens is 2. The number of piperidine rings is 1. The molecule has 1 aliphatic rings. The van der Waals surface area contributed by atoms with Gasteiger partial charge in [0, 0.05) is 23.8 Å². The van der Waals surface area contributed by atoms with Crippen LogP contribution < -0.4 is 15.4 Å². The van der Waals surface area contributed by atoms with Gasteiger partial charge in [-0.3, -0.25) is 4.79 Å². The highest BCUT2D eigenvalue weighted by Crippen LogP contribution is 2.32. The lowest BCUT2D eigenvalue weighted by atomic mass is 9.99. The molecule has 2 unspecified atom stereocenters. The molecule has 1 fully saturated rings. The Bertz CT molecular complexity index is 990. The van der Waals surface area contributed by atoms with Gasteiger partial charge in [0.1, 0.15) is 11.4 Å². The molecule has 1 amide bonds. The molecule has 0 saturated carbocycles. The van der Waals surface area contributed by atoms with Crippen LogP contribution in [0.3, 0.4) is 0 Å². The van der Waals surface area contributed by atoms with Crippen LogP contribution in [0.4, 0.5) is 0 Å². The fourth-order valence-corrected chi connectivity index (χ4v) is 3.78. The van der Waals surface area contributed by atoms with Gasteiger partial charge in [0.15, 0.2) is 0 Å². The lowest BCUT2D eigenvalue weighted by molar-refractivity contribution is 0.0920. The Balaban J connectivity index is 0.00000256. The van der Waals surface area contributed by atoms with Gasteiger partial charge in [-0.05, 0) is 50.6 Å². The van der Waals surface area contributed by atoms with Crippen molar-refractivity contribution < 1.29 is 9.53 Å². The number of benzene rings is 2. The van der Waals surface area contributed by atoms with Crippen molar-refractivity contribution in [2.24, 2.45) is 0 Å². The largest absolute Gasteiger partial charge is 0.496 e. The summed E-state index contributed by atoms with van der Waals surface area (Å²) in [7, 11) is 1.63. The molecule has 4 rings (SSSR count). The minimum Gasteiger partial charge on any atom is -0.496 e. The number of nitrogens with one attached hydrogen (secondary N) is 2. The molecule has 6 nitrogen and oxygen atoms in total. The van der Waals surface area contributed by atoms with E-state index in [1.807, 2.05) is 54.6 Å². The topological polar surface area (TPSA) is 68.2 Å². The van der Waals surface area contributed by atoms with Crippen LogP contribution in [0.25, 0.3) is 16.9 Å². The Morgan fingerprint density at radius 3 is 2.63 bits per heavy atom. The first-order valence-corrected chi connectivity index (χ1v) is 10.00. The van der Waals surface area contributed by atoms with E-state index in [9.17, 15) is 4.79 Å². The van der Waals surface area contributed by atoms with Gasteiger partial charge in [-0.25, -0.2) is 4.68 Å². The highest BCUT2D eigenvalue weighted by atomic mass is 35.5. The van der Waals surface area contributed by atoms with Crippen molar-refractivity contribution in [3.63, 3.8) is 0 Å². The number of rotatable bonds is 5. The Morgan fingerprint density at radius 1 is 1.17 bits per heavy atom. The van der Waals surface area contributed by atoms with Gasteiger partial charge in [-0.1, -0.05) is 30.3 Å². The molecule has 2 atom stereocenters. The van der Waals surface area contributed by atoms with E-state index in [-0.39, 0.29) is 30.4 Å². The van der Waals surface area contributed by atoms with Gasteiger partial charge in [-0.2, -0.15) is 5.10 Å². The summed E-state index contributed by atoms with van der Waals surface area (Å²) in [4.78, 5) is 13.3. The molecule has 2 N–H and O–H groups in total. The van der Waals surface area contributed by atoms with Gasteiger partial charge in [0.25, 0.3) is 5.91 Å². The first kappa shape index (κ1) is 21.9. The van der Waals surface area contributed by atoms with E-state index in [0.717, 1.165) is 30.6 Å². The molecule has 0 spiro atoms. The summed E-state index contributed by atoms with van der Waals surface area (Å²) in [6.45, 7) is 3.10. The summed E-state index contributed by atoms with van der Waals surface area (Å²) < 4.78 is 7.27. The zero-order chi connectivity index (χ0) is 20.2. The molecule has 1 aliphatic heterocycles. The first-order chi connectivity index (χ1) is 14.2. The zero-order valence-electron chi connectivity index (χ0n) is 17.2. The molecule has 1 aromatic heterocycles. The van der Waals surface area contributed by atoms with Crippen molar-refractivity contribution >= 4 is 18.3 Å². The Labute approximate surface area is 183 Å². The molecular formula is C23H27ClN4O2. The van der Waals surface area contributed by atoms with Crippen LogP contribution in [0.2, 0.25) is 0 Å². The van der Waals surface area contributed by atoms with E-state index in [4.69, 9.17) is 9.84 Å². The minimum absolute atomic E-state index is 0. The summed E-state index contributed by atoms with van der Waals surface area (Å²) >= 11 is 0. The molecule has 7 heteroatoms. The van der Waals surface area contributed by atoms with Crippen molar-refractivity contribution in [1.82, 2.24) is 20.4 Å². The van der Waals surface area contributed by atoms with E-state index in [1.165, 1.54) is 0 Å². The van der Waals surface area contributed by atoms with Crippen LogP contribution in [0, 0.1) is 0 Å². The summed E-state index contributed by atoms with van der Waals surface area (Å²) in [5.41, 5.74) is 2.84. The summed E-state index contributed by atoms with van der Waals surface area (Å²) in [5.74, 6) is 0.571. The average molecular weight is 427 g/mol. The maximum absolute atomic E-state index is 13.3. The molecule has 0 bridgehead atoms. The summed E-state index contributed by atoms with van der Waals surface area (Å²) in [6.07, 6.45) is 3.82. The van der Waals surface area contributed by atoms with Gasteiger partial charge in [-0.15, -0.1) is 12.4 Å². The van der Waals surface area contributed by atoms with Crippen LogP contribution in [0.1, 0.15) is 30.1 Å². The number of hydrogen-bond donors (Lipinski definition) is 2. The molecule has 2 aromatic carbocycles. The van der Waals surface area contributed by atoms with Crippen LogP contribution in [-0.4, -0.2) is 41.4 Å². The normalized spacial score (nSPS) is 18.3. The van der Waals surface area contributed by atoms with Crippen molar-refractivity contribution in [3.05, 3.63) is 66.4 Å². The highest BCUT2D eigenvalue weighted by molar-refractivity contribution is 6.00. The van der Waals surface area contributed by atoms with Crippen molar-refractivity contribution in [3.8, 4) is 22.7 Å². The molecule has 2 heterocycles. The lowest BCUT2D eigenvalue weighted by Crippen LogP contribution is -2.51.